The number of anilines is 1. The van der Waals surface area contributed by atoms with Gasteiger partial charge in [-0.15, -0.1) is 0 Å². The van der Waals surface area contributed by atoms with Crippen LogP contribution in [0.15, 0.2) is 59.5 Å². The molecule has 3 aromatic rings. The maximum Gasteiger partial charge on any atom is 0.181 e. The zero-order valence-electron chi connectivity index (χ0n) is 14.2. The van der Waals surface area contributed by atoms with E-state index in [9.17, 15) is 4.39 Å². The van der Waals surface area contributed by atoms with E-state index in [-0.39, 0.29) is 5.82 Å². The highest BCUT2D eigenvalue weighted by atomic mass is 32.1. The van der Waals surface area contributed by atoms with Gasteiger partial charge >= 0.3 is 0 Å². The molecule has 0 amide bonds. The van der Waals surface area contributed by atoms with Crippen LogP contribution >= 0.6 is 12.2 Å². The Labute approximate surface area is 156 Å². The molecule has 0 atom stereocenters. The van der Waals surface area contributed by atoms with Gasteiger partial charge in [0, 0.05) is 18.3 Å². The van der Waals surface area contributed by atoms with Crippen molar-refractivity contribution < 1.29 is 13.5 Å². The number of hydrogen-bond donors (Lipinski definition) is 2. The molecule has 0 fully saturated rings. The van der Waals surface area contributed by atoms with Gasteiger partial charge in [-0.3, -0.25) is 0 Å². The Morgan fingerprint density at radius 2 is 2.15 bits per heavy atom. The minimum atomic E-state index is -0.234. The molecule has 0 saturated heterocycles. The van der Waals surface area contributed by atoms with E-state index in [1.165, 1.54) is 18.5 Å². The highest BCUT2D eigenvalue weighted by Crippen LogP contribution is 2.32. The smallest absolute Gasteiger partial charge is 0.181 e. The van der Waals surface area contributed by atoms with E-state index in [0.29, 0.717) is 29.6 Å². The number of methoxy groups -OCH3 is 1. The van der Waals surface area contributed by atoms with Crippen LogP contribution in [0.3, 0.4) is 0 Å². The van der Waals surface area contributed by atoms with Crippen LogP contribution in [-0.4, -0.2) is 23.8 Å². The van der Waals surface area contributed by atoms with Crippen molar-refractivity contribution >= 4 is 23.0 Å². The second kappa shape index (κ2) is 8.44. The highest BCUT2D eigenvalue weighted by molar-refractivity contribution is 7.80. The van der Waals surface area contributed by atoms with Crippen molar-refractivity contribution in [1.29, 1.82) is 0 Å². The first kappa shape index (κ1) is 17.9. The third-order valence-corrected chi connectivity index (χ3v) is 3.99. The van der Waals surface area contributed by atoms with Crippen LogP contribution in [0.4, 0.5) is 10.1 Å². The Morgan fingerprint density at radius 1 is 1.27 bits per heavy atom. The molecule has 134 valence electrons. The van der Waals surface area contributed by atoms with E-state index >= 15 is 0 Å². The summed E-state index contributed by atoms with van der Waals surface area (Å²) in [4.78, 5) is 3.92. The summed E-state index contributed by atoms with van der Waals surface area (Å²) < 4.78 is 23.9. The van der Waals surface area contributed by atoms with E-state index in [1.807, 2.05) is 24.3 Å². The molecule has 0 aliphatic carbocycles. The van der Waals surface area contributed by atoms with Crippen LogP contribution < -0.4 is 15.4 Å². The molecule has 0 aliphatic heterocycles. The minimum Gasteiger partial charge on any atom is -0.496 e. The van der Waals surface area contributed by atoms with Crippen molar-refractivity contribution in [2.75, 3.05) is 19.0 Å². The normalized spacial score (nSPS) is 10.4. The first-order valence-electron chi connectivity index (χ1n) is 8.02. The molecule has 0 bridgehead atoms. The number of hydrogen-bond acceptors (Lipinski definition) is 4. The average molecular weight is 371 g/mol. The van der Waals surface area contributed by atoms with Gasteiger partial charge in [0.05, 0.1) is 18.9 Å². The van der Waals surface area contributed by atoms with Gasteiger partial charge in [-0.1, -0.05) is 12.1 Å². The number of halogens is 1. The molecule has 5 nitrogen and oxygen atoms in total. The summed E-state index contributed by atoms with van der Waals surface area (Å²) in [7, 11) is 1.59. The largest absolute Gasteiger partial charge is 0.496 e. The van der Waals surface area contributed by atoms with Crippen LogP contribution in [0.5, 0.6) is 5.75 Å². The lowest BCUT2D eigenvalue weighted by Crippen LogP contribution is -2.30. The molecule has 0 spiro atoms. The third kappa shape index (κ3) is 4.58. The fraction of sp³-hybridized carbons (Fsp3) is 0.158. The minimum absolute atomic E-state index is 0.234. The summed E-state index contributed by atoms with van der Waals surface area (Å²) in [6.45, 7) is 0.600. The number of thiocarbonyl (C=S) groups is 1. The molecule has 0 unspecified atom stereocenters. The van der Waals surface area contributed by atoms with E-state index < -0.39 is 0 Å². The summed E-state index contributed by atoms with van der Waals surface area (Å²) in [5, 5.41) is 6.70. The van der Waals surface area contributed by atoms with Crippen molar-refractivity contribution in [3.05, 3.63) is 66.4 Å². The van der Waals surface area contributed by atoms with Crippen molar-refractivity contribution in [3.8, 4) is 17.1 Å². The third-order valence-electron chi connectivity index (χ3n) is 3.75. The number of benzene rings is 2. The maximum atomic E-state index is 13.2. The second-order valence-corrected chi connectivity index (χ2v) is 5.95. The molecule has 1 aromatic heterocycles. The maximum absolute atomic E-state index is 13.2. The second-order valence-electron chi connectivity index (χ2n) is 5.54. The Kier molecular flexibility index (Phi) is 5.80. The monoisotopic (exact) mass is 371 g/mol. The van der Waals surface area contributed by atoms with E-state index in [2.05, 4.69) is 15.6 Å². The number of nitrogens with one attached hydrogen (secondary N) is 2. The predicted molar refractivity (Wildman–Crippen MR) is 103 cm³/mol. The summed E-state index contributed by atoms with van der Waals surface area (Å²) in [6.07, 6.45) is 3.68. The summed E-state index contributed by atoms with van der Waals surface area (Å²) in [5.74, 6) is 1.04. The molecule has 0 saturated carbocycles. The zero-order valence-corrected chi connectivity index (χ0v) is 15.0. The highest BCUT2D eigenvalue weighted by Gasteiger charge is 2.10. The molecule has 2 N–H and O–H groups in total. The van der Waals surface area contributed by atoms with Gasteiger partial charge in [0.1, 0.15) is 11.6 Å². The molecule has 26 heavy (non-hydrogen) atoms. The first-order chi connectivity index (χ1) is 12.7. The fourth-order valence-corrected chi connectivity index (χ4v) is 2.73. The van der Waals surface area contributed by atoms with E-state index in [4.69, 9.17) is 21.4 Å². The summed E-state index contributed by atoms with van der Waals surface area (Å²) in [5.41, 5.74) is 2.51. The molecular weight excluding hydrogens is 353 g/mol. The van der Waals surface area contributed by atoms with Crippen molar-refractivity contribution in [3.63, 3.8) is 0 Å². The lowest BCUT2D eigenvalue weighted by Gasteiger charge is -2.13. The Hall–Kier alpha value is -2.93. The lowest BCUT2D eigenvalue weighted by molar-refractivity contribution is 0.415. The van der Waals surface area contributed by atoms with Gasteiger partial charge in [-0.25, -0.2) is 9.37 Å². The van der Waals surface area contributed by atoms with Gasteiger partial charge in [0.25, 0.3) is 0 Å². The average Bonchev–Trinajstić information content (AvgIpc) is 3.16. The molecule has 0 radical (unpaired) electrons. The molecule has 7 heteroatoms. The molecule has 1 heterocycles. The van der Waals surface area contributed by atoms with Crippen LogP contribution in [0.1, 0.15) is 5.56 Å². The van der Waals surface area contributed by atoms with Gasteiger partial charge in [-0.05, 0) is 48.5 Å². The molecular formula is C19H18FN3O2S. The fourth-order valence-electron chi connectivity index (χ4n) is 2.51. The quantitative estimate of drug-likeness (QED) is 0.639. The number of oxazole rings is 1. The van der Waals surface area contributed by atoms with Crippen LogP contribution in [0.25, 0.3) is 11.3 Å². The van der Waals surface area contributed by atoms with Gasteiger partial charge < -0.3 is 19.8 Å². The SMILES string of the molecule is COc1cc(NC(=S)NCCc2cccc(F)c2)ccc1-c1cnco1. The van der Waals surface area contributed by atoms with Crippen molar-refractivity contribution in [1.82, 2.24) is 10.3 Å². The van der Waals surface area contributed by atoms with E-state index in [0.717, 1.165) is 16.8 Å². The Bertz CT molecular complexity index is 884. The van der Waals surface area contributed by atoms with Crippen LogP contribution in [-0.2, 0) is 6.42 Å². The zero-order chi connectivity index (χ0) is 18.4. The summed E-state index contributed by atoms with van der Waals surface area (Å²) >= 11 is 5.30. The van der Waals surface area contributed by atoms with Gasteiger partial charge in [0.2, 0.25) is 0 Å². The number of rotatable bonds is 6. The van der Waals surface area contributed by atoms with Gasteiger partial charge in [-0.2, -0.15) is 0 Å². The standard InChI is InChI=1S/C19H18FN3O2S/c1-24-17-10-15(5-6-16(17)18-11-21-12-25-18)23-19(26)22-8-7-13-3-2-4-14(20)9-13/h2-6,9-12H,7-8H2,1H3,(H2,22,23,26). The molecule has 2 aromatic carbocycles. The lowest BCUT2D eigenvalue weighted by atomic mass is 10.1. The Morgan fingerprint density at radius 3 is 2.88 bits per heavy atom. The van der Waals surface area contributed by atoms with Crippen LogP contribution in [0.2, 0.25) is 0 Å². The number of ether oxygens (including phenoxy) is 1. The number of aromatic nitrogens is 1. The van der Waals surface area contributed by atoms with E-state index in [1.54, 1.807) is 19.4 Å². The number of nitrogens with zero attached hydrogens (tertiary/aromatic N) is 1. The van der Waals surface area contributed by atoms with Crippen LogP contribution in [0, 0.1) is 5.82 Å². The first-order valence-corrected chi connectivity index (χ1v) is 8.43. The topological polar surface area (TPSA) is 59.3 Å². The summed E-state index contributed by atoms with van der Waals surface area (Å²) in [6, 6.07) is 12.1. The van der Waals surface area contributed by atoms with Gasteiger partial charge in [0.15, 0.2) is 17.3 Å². The Balaban J connectivity index is 1.57. The van der Waals surface area contributed by atoms with Crippen molar-refractivity contribution in [2.24, 2.45) is 0 Å². The van der Waals surface area contributed by atoms with Crippen molar-refractivity contribution in [2.45, 2.75) is 6.42 Å². The molecule has 0 aliphatic rings. The molecule has 3 rings (SSSR count). The predicted octanol–water partition coefficient (Wildman–Crippen LogP) is 4.02.